The van der Waals surface area contributed by atoms with Crippen LogP contribution in [-0.2, 0) is 32.7 Å². The van der Waals surface area contributed by atoms with Crippen molar-refractivity contribution in [3.8, 4) is 0 Å². The van der Waals surface area contributed by atoms with Crippen molar-refractivity contribution in [2.24, 2.45) is 0 Å². The van der Waals surface area contributed by atoms with E-state index in [0.717, 1.165) is 44.9 Å². The first-order valence-electron chi connectivity index (χ1n) is 21.6. The molecule has 9 nitrogen and oxygen atoms in total. The Bertz CT molecular complexity index is 871. The number of ether oxygens (including phenoxy) is 2. The molecule has 0 aromatic carbocycles. The van der Waals surface area contributed by atoms with Crippen molar-refractivity contribution in [1.29, 1.82) is 0 Å². The summed E-state index contributed by atoms with van der Waals surface area (Å²) < 4.78 is 33.2. The molecule has 2 N–H and O–H groups in total. The minimum atomic E-state index is -4.34. The lowest BCUT2D eigenvalue weighted by molar-refractivity contribution is -0.161. The van der Waals surface area contributed by atoms with Crippen molar-refractivity contribution in [3.05, 3.63) is 12.2 Å². The zero-order valence-electron chi connectivity index (χ0n) is 34.0. The molecule has 0 saturated carbocycles. The summed E-state index contributed by atoms with van der Waals surface area (Å²) in [6, 6.07) is 0. The quantitative estimate of drug-likeness (QED) is 0.0271. The molecule has 0 aromatic heterocycles. The van der Waals surface area contributed by atoms with Gasteiger partial charge < -0.3 is 19.7 Å². The van der Waals surface area contributed by atoms with E-state index < -0.39 is 26.5 Å². The molecule has 0 radical (unpaired) electrons. The molecular formula is C42H82NO8P. The number of carbonyl (C=O) groups is 2. The van der Waals surface area contributed by atoms with Gasteiger partial charge in [-0.3, -0.25) is 18.6 Å². The van der Waals surface area contributed by atoms with E-state index in [4.69, 9.17) is 18.5 Å². The Labute approximate surface area is 320 Å². The van der Waals surface area contributed by atoms with Crippen LogP contribution in [0.3, 0.4) is 0 Å². The first-order valence-corrected chi connectivity index (χ1v) is 23.1. The van der Waals surface area contributed by atoms with Crippen molar-refractivity contribution < 1.29 is 37.6 Å². The third-order valence-corrected chi connectivity index (χ3v) is 10.4. The fraction of sp³-hybridized carbons (Fsp3) is 0.905. The van der Waals surface area contributed by atoms with E-state index in [9.17, 15) is 19.0 Å². The SMILES string of the molecule is CCCCCC/C=C\CCCCCCCCCC(=O)OC(COC(=O)CCCCCCCCCCCCCCCCC)COP(=O)(O)OCCNC. The smallest absolute Gasteiger partial charge is 0.462 e. The van der Waals surface area contributed by atoms with Gasteiger partial charge in [0.2, 0.25) is 0 Å². The average Bonchev–Trinajstić information content (AvgIpc) is 3.12. The molecule has 2 atom stereocenters. The molecule has 0 bridgehead atoms. The normalized spacial score (nSPS) is 13.4. The standard InChI is InChI=1S/C42H82NO8P/c1-4-6-8-10-12-14-16-18-20-22-24-26-28-30-32-34-41(44)48-38-40(39-50-52(46,47)49-37-36-43-3)51-42(45)35-33-31-29-27-25-23-21-19-17-15-13-11-9-7-5-2/h15,17,40,43H,4-14,16,18-39H2,1-3H3,(H,46,47)/b17-15-. The summed E-state index contributed by atoms with van der Waals surface area (Å²) in [6.07, 6.45) is 38.2. The van der Waals surface area contributed by atoms with Crippen LogP contribution in [0.1, 0.15) is 206 Å². The van der Waals surface area contributed by atoms with Crippen molar-refractivity contribution in [1.82, 2.24) is 5.32 Å². The molecule has 0 spiro atoms. The van der Waals surface area contributed by atoms with Gasteiger partial charge in [0.15, 0.2) is 6.10 Å². The number of nitrogens with one attached hydrogen (secondary N) is 1. The molecule has 0 aliphatic heterocycles. The zero-order valence-corrected chi connectivity index (χ0v) is 34.9. The van der Waals surface area contributed by atoms with Gasteiger partial charge in [-0.15, -0.1) is 0 Å². The molecule has 10 heteroatoms. The highest BCUT2D eigenvalue weighted by Gasteiger charge is 2.26. The van der Waals surface area contributed by atoms with Gasteiger partial charge in [-0.25, -0.2) is 4.57 Å². The first-order chi connectivity index (χ1) is 25.3. The topological polar surface area (TPSA) is 120 Å². The van der Waals surface area contributed by atoms with E-state index >= 15 is 0 Å². The summed E-state index contributed by atoms with van der Waals surface area (Å²) in [4.78, 5) is 35.0. The molecule has 0 amide bonds. The largest absolute Gasteiger partial charge is 0.472 e. The Morgan fingerprint density at radius 3 is 1.44 bits per heavy atom. The van der Waals surface area contributed by atoms with Crippen LogP contribution < -0.4 is 5.32 Å². The van der Waals surface area contributed by atoms with Crippen LogP contribution in [0.5, 0.6) is 0 Å². The fourth-order valence-electron chi connectivity index (χ4n) is 6.08. The predicted molar refractivity (Wildman–Crippen MR) is 215 cm³/mol. The molecule has 0 aliphatic carbocycles. The molecule has 0 saturated heterocycles. The molecule has 0 aromatic rings. The lowest BCUT2D eigenvalue weighted by Crippen LogP contribution is -2.29. The molecule has 0 heterocycles. The Hall–Kier alpha value is -1.25. The Morgan fingerprint density at radius 1 is 0.577 bits per heavy atom. The van der Waals surface area contributed by atoms with Gasteiger partial charge in [-0.2, -0.15) is 0 Å². The highest BCUT2D eigenvalue weighted by Crippen LogP contribution is 2.43. The maximum Gasteiger partial charge on any atom is 0.472 e. The van der Waals surface area contributed by atoms with Gasteiger partial charge in [-0.05, 0) is 45.6 Å². The number of unbranched alkanes of at least 4 members (excludes halogenated alkanes) is 25. The predicted octanol–water partition coefficient (Wildman–Crippen LogP) is 12.1. The van der Waals surface area contributed by atoms with Gasteiger partial charge in [0.25, 0.3) is 0 Å². The lowest BCUT2D eigenvalue weighted by Gasteiger charge is -2.20. The van der Waals surface area contributed by atoms with E-state index in [1.165, 1.54) is 128 Å². The summed E-state index contributed by atoms with van der Waals surface area (Å²) in [7, 11) is -2.64. The van der Waals surface area contributed by atoms with E-state index in [1.54, 1.807) is 7.05 Å². The molecule has 52 heavy (non-hydrogen) atoms. The minimum Gasteiger partial charge on any atom is -0.462 e. The summed E-state index contributed by atoms with van der Waals surface area (Å²) in [6.45, 7) is 4.23. The Balaban J connectivity index is 4.20. The third-order valence-electron chi connectivity index (χ3n) is 9.39. The van der Waals surface area contributed by atoms with Crippen molar-refractivity contribution >= 4 is 19.8 Å². The van der Waals surface area contributed by atoms with Crippen molar-refractivity contribution in [3.63, 3.8) is 0 Å². The number of allylic oxidation sites excluding steroid dienone is 2. The van der Waals surface area contributed by atoms with Gasteiger partial charge in [0, 0.05) is 19.4 Å². The molecular weight excluding hydrogens is 677 g/mol. The maximum atomic E-state index is 12.6. The second-order valence-electron chi connectivity index (χ2n) is 14.5. The summed E-state index contributed by atoms with van der Waals surface area (Å²) in [5.41, 5.74) is 0. The molecule has 0 rings (SSSR count). The Kier molecular flexibility index (Phi) is 38.5. The van der Waals surface area contributed by atoms with E-state index in [2.05, 4.69) is 31.3 Å². The first kappa shape index (κ1) is 50.8. The Morgan fingerprint density at radius 2 is 0.981 bits per heavy atom. The number of esters is 2. The van der Waals surface area contributed by atoms with E-state index in [1.807, 2.05) is 0 Å². The fourth-order valence-corrected chi connectivity index (χ4v) is 6.83. The number of hydrogen-bond donors (Lipinski definition) is 2. The van der Waals surface area contributed by atoms with Crippen LogP contribution in [0.4, 0.5) is 0 Å². The molecule has 2 unspecified atom stereocenters. The van der Waals surface area contributed by atoms with E-state index in [-0.39, 0.29) is 25.6 Å². The zero-order chi connectivity index (χ0) is 38.2. The number of hydrogen-bond acceptors (Lipinski definition) is 8. The van der Waals surface area contributed by atoms with Crippen LogP contribution in [0.25, 0.3) is 0 Å². The molecule has 308 valence electrons. The number of rotatable bonds is 41. The minimum absolute atomic E-state index is 0.0147. The van der Waals surface area contributed by atoms with Crippen LogP contribution in [-0.4, -0.2) is 56.3 Å². The number of phosphoric acid groups is 1. The summed E-state index contributed by atoms with van der Waals surface area (Å²) in [5, 5.41) is 2.82. The van der Waals surface area contributed by atoms with Crippen LogP contribution in [0.2, 0.25) is 0 Å². The summed E-state index contributed by atoms with van der Waals surface area (Å²) >= 11 is 0. The van der Waals surface area contributed by atoms with Gasteiger partial charge >= 0.3 is 19.8 Å². The number of likely N-dealkylation sites (N-methyl/N-ethyl adjacent to an activating group) is 1. The monoisotopic (exact) mass is 760 g/mol. The van der Waals surface area contributed by atoms with Gasteiger partial charge in [-0.1, -0.05) is 167 Å². The maximum absolute atomic E-state index is 12.6. The van der Waals surface area contributed by atoms with E-state index in [0.29, 0.717) is 19.4 Å². The highest BCUT2D eigenvalue weighted by atomic mass is 31.2. The third kappa shape index (κ3) is 38.5. The van der Waals surface area contributed by atoms with Crippen LogP contribution >= 0.6 is 7.82 Å². The molecule has 0 aliphatic rings. The van der Waals surface area contributed by atoms with Gasteiger partial charge in [0.05, 0.1) is 13.2 Å². The summed E-state index contributed by atoms with van der Waals surface area (Å²) in [5.74, 6) is -0.802. The second-order valence-corrected chi connectivity index (χ2v) is 16.0. The molecule has 0 fully saturated rings. The lowest BCUT2D eigenvalue weighted by atomic mass is 10.0. The van der Waals surface area contributed by atoms with Crippen molar-refractivity contribution in [2.75, 3.05) is 33.4 Å². The average molecular weight is 760 g/mol. The van der Waals surface area contributed by atoms with Crippen LogP contribution in [0.15, 0.2) is 12.2 Å². The highest BCUT2D eigenvalue weighted by molar-refractivity contribution is 7.47. The van der Waals surface area contributed by atoms with Gasteiger partial charge in [0.1, 0.15) is 6.61 Å². The van der Waals surface area contributed by atoms with Crippen molar-refractivity contribution in [2.45, 2.75) is 213 Å². The number of carbonyl (C=O) groups excluding carboxylic acids is 2. The van der Waals surface area contributed by atoms with Crippen LogP contribution in [0, 0.1) is 0 Å². The number of phosphoric ester groups is 1. The second kappa shape index (κ2) is 39.4.